The van der Waals surface area contributed by atoms with Crippen LogP contribution in [0, 0.1) is 16.5 Å². The minimum Gasteiger partial charge on any atom is -0.328 e. The first kappa shape index (κ1) is 12.9. The van der Waals surface area contributed by atoms with Crippen LogP contribution in [0.5, 0.6) is 0 Å². The van der Waals surface area contributed by atoms with Gasteiger partial charge in [-0.25, -0.2) is 4.39 Å². The van der Waals surface area contributed by atoms with Crippen molar-refractivity contribution in [3.63, 3.8) is 0 Å². The highest BCUT2D eigenvalue weighted by Crippen LogP contribution is 2.36. The first-order valence-corrected chi connectivity index (χ1v) is 7.50. The molecule has 0 spiro atoms. The van der Waals surface area contributed by atoms with Gasteiger partial charge in [-0.15, -0.1) is 0 Å². The zero-order valence-corrected chi connectivity index (χ0v) is 12.0. The number of hydrogen-bond donors (Lipinski definition) is 1. The third-order valence-corrected chi connectivity index (χ3v) is 4.70. The number of fused-ring (bicyclic) bond motifs is 1. The Morgan fingerprint density at radius 1 is 1.42 bits per heavy atom. The Hall–Kier alpha value is -1.16. The second-order valence-corrected chi connectivity index (χ2v) is 5.92. The number of imidazole rings is 1. The number of rotatable bonds is 2. The van der Waals surface area contributed by atoms with Crippen LogP contribution in [-0.4, -0.2) is 9.55 Å². The van der Waals surface area contributed by atoms with Crippen LogP contribution in [0.3, 0.4) is 0 Å². The van der Waals surface area contributed by atoms with Crippen LogP contribution in [-0.2, 0) is 0 Å². The Morgan fingerprint density at radius 3 is 3.05 bits per heavy atom. The monoisotopic (exact) mass is 278 g/mol. The van der Waals surface area contributed by atoms with E-state index in [1.54, 1.807) is 6.07 Å². The summed E-state index contributed by atoms with van der Waals surface area (Å²) >= 11 is 5.41. The summed E-state index contributed by atoms with van der Waals surface area (Å²) in [6.07, 6.45) is 6.09. The standard InChI is InChI=1S/C15H19FN2S/c1-2-10-5-3-6-11(9-10)18-13-8-4-7-12(16)14(13)17-15(18)19/h4,7-8,10-11H,2-3,5-6,9H2,1H3,(H,17,19). The quantitative estimate of drug-likeness (QED) is 0.768. The van der Waals surface area contributed by atoms with Crippen molar-refractivity contribution >= 4 is 23.3 Å². The number of H-pyrrole nitrogens is 1. The predicted octanol–water partition coefficient (Wildman–Crippen LogP) is 4.98. The fourth-order valence-corrected chi connectivity index (χ4v) is 3.69. The van der Waals surface area contributed by atoms with Gasteiger partial charge < -0.3 is 9.55 Å². The summed E-state index contributed by atoms with van der Waals surface area (Å²) in [6.45, 7) is 2.25. The number of aromatic amines is 1. The van der Waals surface area contributed by atoms with Gasteiger partial charge in [0.1, 0.15) is 11.3 Å². The maximum absolute atomic E-state index is 13.8. The molecule has 4 heteroatoms. The van der Waals surface area contributed by atoms with Gasteiger partial charge in [-0.1, -0.05) is 32.3 Å². The van der Waals surface area contributed by atoms with Gasteiger partial charge in [-0.3, -0.25) is 0 Å². The minimum atomic E-state index is -0.217. The summed E-state index contributed by atoms with van der Waals surface area (Å²) in [5.41, 5.74) is 1.46. The van der Waals surface area contributed by atoms with Crippen molar-refractivity contribution < 1.29 is 4.39 Å². The number of halogens is 1. The number of nitrogens with zero attached hydrogens (tertiary/aromatic N) is 1. The first-order valence-electron chi connectivity index (χ1n) is 7.09. The molecule has 1 saturated carbocycles. The predicted molar refractivity (Wildman–Crippen MR) is 78.4 cm³/mol. The molecule has 0 radical (unpaired) electrons. The zero-order chi connectivity index (χ0) is 13.4. The van der Waals surface area contributed by atoms with Gasteiger partial charge >= 0.3 is 0 Å². The lowest BCUT2D eigenvalue weighted by atomic mass is 9.84. The molecule has 1 aromatic carbocycles. The van der Waals surface area contributed by atoms with E-state index in [-0.39, 0.29) is 5.82 Å². The van der Waals surface area contributed by atoms with Crippen molar-refractivity contribution in [2.45, 2.75) is 45.1 Å². The first-order chi connectivity index (χ1) is 9.20. The van der Waals surface area contributed by atoms with Gasteiger partial charge in [0.05, 0.1) is 5.52 Å². The van der Waals surface area contributed by atoms with E-state index < -0.39 is 0 Å². The molecule has 0 bridgehead atoms. The molecule has 2 nitrogen and oxygen atoms in total. The molecule has 1 aromatic heterocycles. The number of para-hydroxylation sites is 1. The van der Waals surface area contributed by atoms with Crippen LogP contribution >= 0.6 is 12.2 Å². The van der Waals surface area contributed by atoms with Crippen LogP contribution in [0.4, 0.5) is 4.39 Å². The molecule has 0 amide bonds. The average molecular weight is 278 g/mol. The van der Waals surface area contributed by atoms with E-state index in [0.29, 0.717) is 16.3 Å². The lowest BCUT2D eigenvalue weighted by Crippen LogP contribution is -2.19. The molecule has 102 valence electrons. The third kappa shape index (κ3) is 2.22. The molecule has 1 fully saturated rings. The average Bonchev–Trinajstić information content (AvgIpc) is 2.77. The molecule has 3 rings (SSSR count). The topological polar surface area (TPSA) is 20.7 Å². The summed E-state index contributed by atoms with van der Waals surface area (Å²) in [5.74, 6) is 0.560. The summed E-state index contributed by atoms with van der Waals surface area (Å²) in [5, 5.41) is 0. The van der Waals surface area contributed by atoms with Crippen LogP contribution in [0.1, 0.15) is 45.1 Å². The summed E-state index contributed by atoms with van der Waals surface area (Å²) in [7, 11) is 0. The lowest BCUT2D eigenvalue weighted by Gasteiger charge is -2.29. The molecule has 1 aliphatic rings. The normalized spacial score (nSPS) is 23.9. The number of aromatic nitrogens is 2. The maximum atomic E-state index is 13.8. The highest BCUT2D eigenvalue weighted by atomic mass is 32.1. The largest absolute Gasteiger partial charge is 0.328 e. The molecule has 1 aliphatic carbocycles. The Labute approximate surface area is 117 Å². The van der Waals surface area contributed by atoms with Gasteiger partial charge in [0, 0.05) is 6.04 Å². The highest BCUT2D eigenvalue weighted by molar-refractivity contribution is 7.71. The summed E-state index contributed by atoms with van der Waals surface area (Å²) < 4.78 is 16.6. The van der Waals surface area contributed by atoms with E-state index in [2.05, 4.69) is 16.5 Å². The second-order valence-electron chi connectivity index (χ2n) is 5.53. The molecule has 2 unspecified atom stereocenters. The number of hydrogen-bond acceptors (Lipinski definition) is 1. The molecule has 2 aromatic rings. The minimum absolute atomic E-state index is 0.217. The molecule has 1 heterocycles. The van der Waals surface area contributed by atoms with Crippen molar-refractivity contribution in [3.8, 4) is 0 Å². The third-order valence-electron chi connectivity index (χ3n) is 4.40. The Morgan fingerprint density at radius 2 is 2.26 bits per heavy atom. The van der Waals surface area contributed by atoms with E-state index in [1.807, 2.05) is 6.07 Å². The fraction of sp³-hybridized carbons (Fsp3) is 0.533. The highest BCUT2D eigenvalue weighted by Gasteiger charge is 2.24. The smallest absolute Gasteiger partial charge is 0.178 e. The van der Waals surface area contributed by atoms with Gasteiger partial charge in [0.25, 0.3) is 0 Å². The van der Waals surface area contributed by atoms with Gasteiger partial charge in [-0.2, -0.15) is 0 Å². The van der Waals surface area contributed by atoms with E-state index in [0.717, 1.165) is 24.3 Å². The van der Waals surface area contributed by atoms with Crippen LogP contribution in [0.25, 0.3) is 11.0 Å². The van der Waals surface area contributed by atoms with E-state index in [1.165, 1.54) is 25.3 Å². The summed E-state index contributed by atoms with van der Waals surface area (Å²) in [6, 6.07) is 5.62. The van der Waals surface area contributed by atoms with Crippen molar-refractivity contribution in [1.29, 1.82) is 0 Å². The van der Waals surface area contributed by atoms with Crippen molar-refractivity contribution in [2.75, 3.05) is 0 Å². The van der Waals surface area contributed by atoms with Crippen LogP contribution in [0.2, 0.25) is 0 Å². The molecule has 0 saturated heterocycles. The van der Waals surface area contributed by atoms with Crippen LogP contribution < -0.4 is 0 Å². The number of benzene rings is 1. The van der Waals surface area contributed by atoms with Gasteiger partial charge in [0.15, 0.2) is 4.77 Å². The zero-order valence-electron chi connectivity index (χ0n) is 11.2. The molecule has 0 aliphatic heterocycles. The number of nitrogens with one attached hydrogen (secondary N) is 1. The lowest BCUT2D eigenvalue weighted by molar-refractivity contribution is 0.263. The van der Waals surface area contributed by atoms with E-state index >= 15 is 0 Å². The van der Waals surface area contributed by atoms with Crippen molar-refractivity contribution in [1.82, 2.24) is 9.55 Å². The van der Waals surface area contributed by atoms with E-state index in [9.17, 15) is 4.39 Å². The van der Waals surface area contributed by atoms with Crippen molar-refractivity contribution in [2.24, 2.45) is 5.92 Å². The van der Waals surface area contributed by atoms with Crippen LogP contribution in [0.15, 0.2) is 18.2 Å². The molecule has 1 N–H and O–H groups in total. The Kier molecular flexibility index (Phi) is 3.44. The van der Waals surface area contributed by atoms with E-state index in [4.69, 9.17) is 12.2 Å². The molecular formula is C15H19FN2S. The molecule has 19 heavy (non-hydrogen) atoms. The van der Waals surface area contributed by atoms with Crippen molar-refractivity contribution in [3.05, 3.63) is 28.8 Å². The van der Waals surface area contributed by atoms with Gasteiger partial charge in [0.2, 0.25) is 0 Å². The second kappa shape index (κ2) is 5.08. The molecular weight excluding hydrogens is 259 g/mol. The maximum Gasteiger partial charge on any atom is 0.178 e. The van der Waals surface area contributed by atoms with Gasteiger partial charge in [-0.05, 0) is 43.1 Å². The summed E-state index contributed by atoms with van der Waals surface area (Å²) in [4.78, 5) is 3.03. The SMILES string of the molecule is CCC1CCCC(n2c(=S)[nH]c3c(F)cccc32)C1. The molecule has 2 atom stereocenters. The Bertz CT molecular complexity index is 643. The fourth-order valence-electron chi connectivity index (χ4n) is 3.34. The Balaban J connectivity index is 2.07.